The highest BCUT2D eigenvalue weighted by atomic mass is 19.4. The van der Waals surface area contributed by atoms with Gasteiger partial charge >= 0.3 is 12.1 Å². The van der Waals surface area contributed by atoms with Crippen molar-refractivity contribution in [3.8, 4) is 23.0 Å². The number of carbonyl (C=O) groups is 1. The van der Waals surface area contributed by atoms with Gasteiger partial charge in [0.1, 0.15) is 5.56 Å². The third kappa shape index (κ3) is 6.19. The minimum Gasteiger partial charge on any atom is -0.481 e. The van der Waals surface area contributed by atoms with E-state index in [-0.39, 0.29) is 23.9 Å². The summed E-state index contributed by atoms with van der Waals surface area (Å²) in [6.07, 6.45) is -3.67. The van der Waals surface area contributed by atoms with Crippen LogP contribution < -0.4 is 0 Å². The van der Waals surface area contributed by atoms with Crippen LogP contribution in [0.25, 0.3) is 23.0 Å². The smallest absolute Gasteiger partial charge is 0.422 e. The lowest BCUT2D eigenvalue weighted by molar-refractivity contribution is -0.139. The zero-order valence-corrected chi connectivity index (χ0v) is 20.7. The lowest BCUT2D eigenvalue weighted by Gasteiger charge is -2.33. The summed E-state index contributed by atoms with van der Waals surface area (Å²) in [5.74, 6) is -1.42. The Kier molecular flexibility index (Phi) is 7.43. The number of aliphatic carboxylic acids is 1. The molecule has 0 amide bonds. The summed E-state index contributed by atoms with van der Waals surface area (Å²) < 4.78 is 51.6. The predicted octanol–water partition coefficient (Wildman–Crippen LogP) is 4.93. The minimum atomic E-state index is -4.73. The van der Waals surface area contributed by atoms with Crippen molar-refractivity contribution in [2.45, 2.75) is 57.7 Å². The molecular formula is C25H29F3N4O5. The first-order valence-corrected chi connectivity index (χ1v) is 12.0. The first-order chi connectivity index (χ1) is 17.3. The van der Waals surface area contributed by atoms with Crippen LogP contribution in [0.5, 0.6) is 0 Å². The molecule has 200 valence electrons. The van der Waals surface area contributed by atoms with Crippen LogP contribution in [0.3, 0.4) is 0 Å². The standard InChI is InChI=1S/C25H29F3N4O5/c1-24(2,3)21-19(25(26,27)28)20(30-36-21)23-29-22(31-37-23)16-8-6-15(7-9-16)17(33)13-32-10-4-5-14(12-32)11-18(34)35/h6-9,14,17,33H,4-5,10-13H2,1-3H3,(H,34,35). The summed E-state index contributed by atoms with van der Waals surface area (Å²) in [5, 5.41) is 27.1. The van der Waals surface area contributed by atoms with Gasteiger partial charge in [-0.2, -0.15) is 18.2 Å². The first kappa shape index (κ1) is 26.8. The number of hydrogen-bond acceptors (Lipinski definition) is 8. The van der Waals surface area contributed by atoms with E-state index in [1.807, 2.05) is 0 Å². The fourth-order valence-electron chi connectivity index (χ4n) is 4.58. The van der Waals surface area contributed by atoms with Gasteiger partial charge in [0.2, 0.25) is 5.82 Å². The van der Waals surface area contributed by atoms with E-state index in [1.165, 1.54) is 0 Å². The highest BCUT2D eigenvalue weighted by Gasteiger charge is 2.45. The lowest BCUT2D eigenvalue weighted by Crippen LogP contribution is -2.38. The number of halogens is 3. The number of carboxylic acids is 1. The molecule has 0 radical (unpaired) electrons. The van der Waals surface area contributed by atoms with E-state index >= 15 is 0 Å². The van der Waals surface area contributed by atoms with Gasteiger partial charge in [-0.1, -0.05) is 55.4 Å². The van der Waals surface area contributed by atoms with Crippen LogP contribution in [0.2, 0.25) is 0 Å². The number of β-amino-alcohol motifs (C(OH)–C–C–N with tert-alkyl or cyclic N) is 1. The third-order valence-electron chi connectivity index (χ3n) is 6.34. The van der Waals surface area contributed by atoms with Crippen LogP contribution in [0, 0.1) is 5.92 Å². The molecule has 3 heterocycles. The van der Waals surface area contributed by atoms with E-state index < -0.39 is 40.8 Å². The second kappa shape index (κ2) is 10.3. The molecule has 1 saturated heterocycles. The van der Waals surface area contributed by atoms with Crippen molar-refractivity contribution in [1.82, 2.24) is 20.2 Å². The molecule has 2 aromatic heterocycles. The van der Waals surface area contributed by atoms with Crippen molar-refractivity contribution in [3.63, 3.8) is 0 Å². The van der Waals surface area contributed by atoms with Gasteiger partial charge < -0.3 is 24.2 Å². The molecule has 1 aliphatic heterocycles. The number of aliphatic hydroxyl groups excluding tert-OH is 1. The Labute approximate surface area is 211 Å². The Bertz CT molecular complexity index is 1230. The molecule has 37 heavy (non-hydrogen) atoms. The van der Waals surface area contributed by atoms with Crippen molar-refractivity contribution < 1.29 is 37.2 Å². The van der Waals surface area contributed by atoms with E-state index in [2.05, 4.69) is 20.2 Å². The van der Waals surface area contributed by atoms with Gasteiger partial charge in [0.05, 0.1) is 6.10 Å². The number of aromatic nitrogens is 3. The van der Waals surface area contributed by atoms with Crippen molar-refractivity contribution in [2.75, 3.05) is 19.6 Å². The van der Waals surface area contributed by atoms with Crippen LogP contribution in [0.1, 0.15) is 63.0 Å². The molecule has 2 N–H and O–H groups in total. The average Bonchev–Trinajstić information content (AvgIpc) is 3.46. The van der Waals surface area contributed by atoms with Gasteiger partial charge in [0.15, 0.2) is 11.5 Å². The minimum absolute atomic E-state index is 0.0651. The second-order valence-electron chi connectivity index (χ2n) is 10.4. The summed E-state index contributed by atoms with van der Waals surface area (Å²) in [7, 11) is 0. The van der Waals surface area contributed by atoms with Crippen molar-refractivity contribution in [2.24, 2.45) is 5.92 Å². The molecule has 3 aromatic rings. The van der Waals surface area contributed by atoms with Crippen LogP contribution >= 0.6 is 0 Å². The normalized spacial score (nSPS) is 18.2. The lowest BCUT2D eigenvalue weighted by atomic mass is 9.89. The largest absolute Gasteiger partial charge is 0.481 e. The molecule has 1 aromatic carbocycles. The Balaban J connectivity index is 1.48. The Morgan fingerprint density at radius 3 is 2.49 bits per heavy atom. The number of aliphatic hydroxyl groups is 1. The quantitative estimate of drug-likeness (QED) is 0.444. The molecule has 1 aliphatic rings. The number of benzene rings is 1. The van der Waals surface area contributed by atoms with E-state index in [4.69, 9.17) is 14.2 Å². The van der Waals surface area contributed by atoms with Crippen molar-refractivity contribution in [3.05, 3.63) is 41.2 Å². The number of likely N-dealkylation sites (tertiary alicyclic amines) is 1. The third-order valence-corrected chi connectivity index (χ3v) is 6.34. The van der Waals surface area contributed by atoms with E-state index in [0.29, 0.717) is 24.2 Å². The van der Waals surface area contributed by atoms with Gasteiger partial charge in [-0.05, 0) is 30.9 Å². The second-order valence-corrected chi connectivity index (χ2v) is 10.4. The number of hydrogen-bond donors (Lipinski definition) is 2. The molecule has 2 unspecified atom stereocenters. The number of carboxylic acid groups (broad SMARTS) is 1. The number of alkyl halides is 3. The molecule has 2 atom stereocenters. The average molecular weight is 523 g/mol. The van der Waals surface area contributed by atoms with Crippen LogP contribution in [0.15, 0.2) is 33.3 Å². The predicted molar refractivity (Wildman–Crippen MR) is 125 cm³/mol. The van der Waals surface area contributed by atoms with Gasteiger partial charge in [-0.15, -0.1) is 0 Å². The van der Waals surface area contributed by atoms with Crippen LogP contribution in [0.4, 0.5) is 13.2 Å². The SMILES string of the molecule is CC(C)(C)c1onc(-c2nc(-c3ccc(C(O)CN4CCCC(CC(=O)O)C4)cc3)no2)c1C(F)(F)F. The number of piperidine rings is 1. The van der Waals surface area contributed by atoms with E-state index in [1.54, 1.807) is 45.0 Å². The highest BCUT2D eigenvalue weighted by molar-refractivity contribution is 5.67. The molecule has 12 heteroatoms. The first-order valence-electron chi connectivity index (χ1n) is 12.0. The van der Waals surface area contributed by atoms with Crippen LogP contribution in [-0.4, -0.2) is 56.0 Å². The zero-order chi connectivity index (χ0) is 27.0. The Morgan fingerprint density at radius 2 is 1.86 bits per heavy atom. The topological polar surface area (TPSA) is 126 Å². The monoisotopic (exact) mass is 522 g/mol. The molecule has 0 saturated carbocycles. The number of rotatable bonds is 7. The summed E-state index contributed by atoms with van der Waals surface area (Å²) in [6, 6.07) is 6.66. The summed E-state index contributed by atoms with van der Waals surface area (Å²) in [4.78, 5) is 17.2. The summed E-state index contributed by atoms with van der Waals surface area (Å²) in [6.45, 7) is 6.52. The molecule has 0 spiro atoms. The number of nitrogens with zero attached hydrogens (tertiary/aromatic N) is 4. The summed E-state index contributed by atoms with van der Waals surface area (Å²) in [5.41, 5.74) is -1.43. The zero-order valence-electron chi connectivity index (χ0n) is 20.7. The van der Waals surface area contributed by atoms with Crippen LogP contribution in [-0.2, 0) is 16.4 Å². The van der Waals surface area contributed by atoms with Gasteiger partial charge in [0.25, 0.3) is 5.89 Å². The van der Waals surface area contributed by atoms with Crippen molar-refractivity contribution in [1.29, 1.82) is 0 Å². The van der Waals surface area contributed by atoms with Gasteiger partial charge in [-0.25, -0.2) is 0 Å². The van der Waals surface area contributed by atoms with E-state index in [0.717, 1.165) is 19.4 Å². The molecule has 0 aliphatic carbocycles. The Morgan fingerprint density at radius 1 is 1.16 bits per heavy atom. The molecule has 4 rings (SSSR count). The van der Waals surface area contributed by atoms with Crippen molar-refractivity contribution >= 4 is 5.97 Å². The maximum atomic E-state index is 13.8. The van der Waals surface area contributed by atoms with Gasteiger partial charge in [-0.3, -0.25) is 4.79 Å². The van der Waals surface area contributed by atoms with Gasteiger partial charge in [0, 0.05) is 30.5 Å². The molecule has 9 nitrogen and oxygen atoms in total. The fraction of sp³-hybridized carbons (Fsp3) is 0.520. The molecule has 1 fully saturated rings. The maximum absolute atomic E-state index is 13.8. The maximum Gasteiger partial charge on any atom is 0.422 e. The summed E-state index contributed by atoms with van der Waals surface area (Å²) >= 11 is 0. The molecular weight excluding hydrogens is 493 g/mol. The highest BCUT2D eigenvalue weighted by Crippen LogP contribution is 2.43. The Hall–Kier alpha value is -3.25. The van der Waals surface area contributed by atoms with E-state index in [9.17, 15) is 23.1 Å². The molecule has 0 bridgehead atoms. The fourth-order valence-corrected chi connectivity index (χ4v) is 4.58.